The van der Waals surface area contributed by atoms with Gasteiger partial charge in [-0.1, -0.05) is 25.1 Å². The summed E-state index contributed by atoms with van der Waals surface area (Å²) in [5, 5.41) is 0. The first-order chi connectivity index (χ1) is 9.08. The molecule has 2 unspecified atom stereocenters. The Hall–Kier alpha value is -0.770. The lowest BCUT2D eigenvalue weighted by Gasteiger charge is -2.34. The van der Waals surface area contributed by atoms with Crippen molar-refractivity contribution < 1.29 is 4.74 Å². The highest BCUT2D eigenvalue weighted by molar-refractivity contribution is 5.85. The van der Waals surface area contributed by atoms with Gasteiger partial charge in [-0.3, -0.25) is 4.90 Å². The minimum atomic E-state index is 0. The highest BCUT2D eigenvalue weighted by atomic mass is 35.5. The Morgan fingerprint density at radius 2 is 1.95 bits per heavy atom. The minimum absolute atomic E-state index is 0. The zero-order valence-electron chi connectivity index (χ0n) is 12.8. The Kier molecular flexibility index (Phi) is 6.80. The van der Waals surface area contributed by atoms with E-state index < -0.39 is 0 Å². The highest BCUT2D eigenvalue weighted by Gasteiger charge is 2.22. The van der Waals surface area contributed by atoms with Crippen molar-refractivity contribution in [2.24, 2.45) is 11.7 Å². The topological polar surface area (TPSA) is 38.5 Å². The molecular weight excluding hydrogens is 272 g/mol. The minimum Gasteiger partial charge on any atom is -0.492 e. The van der Waals surface area contributed by atoms with Crippen LogP contribution in [0.3, 0.4) is 0 Å². The van der Waals surface area contributed by atoms with Crippen molar-refractivity contribution in [3.05, 3.63) is 29.3 Å². The second-order valence-electron chi connectivity index (χ2n) is 5.80. The molecule has 1 aromatic carbocycles. The fourth-order valence-corrected chi connectivity index (χ4v) is 2.76. The summed E-state index contributed by atoms with van der Waals surface area (Å²) < 4.78 is 5.96. The number of hydrogen-bond acceptors (Lipinski definition) is 3. The van der Waals surface area contributed by atoms with Gasteiger partial charge in [-0.25, -0.2) is 0 Å². The molecule has 1 saturated heterocycles. The number of nitrogens with zero attached hydrogens (tertiary/aromatic N) is 1. The van der Waals surface area contributed by atoms with Crippen LogP contribution in [-0.2, 0) is 0 Å². The number of benzene rings is 1. The second-order valence-corrected chi connectivity index (χ2v) is 5.80. The summed E-state index contributed by atoms with van der Waals surface area (Å²) >= 11 is 0. The summed E-state index contributed by atoms with van der Waals surface area (Å²) in [5.41, 5.74) is 8.48. The van der Waals surface area contributed by atoms with Crippen LogP contribution in [0.2, 0.25) is 0 Å². The lowest BCUT2D eigenvalue weighted by atomic mass is 9.95. The number of nitrogens with two attached hydrogens (primary N) is 1. The molecule has 4 heteroatoms. The largest absolute Gasteiger partial charge is 0.492 e. The molecule has 1 fully saturated rings. The van der Waals surface area contributed by atoms with Gasteiger partial charge in [0.1, 0.15) is 12.4 Å². The molecule has 20 heavy (non-hydrogen) atoms. The maximum Gasteiger partial charge on any atom is 0.125 e. The summed E-state index contributed by atoms with van der Waals surface area (Å²) in [6.07, 6.45) is 1.10. The molecule has 2 rings (SSSR count). The Morgan fingerprint density at radius 1 is 1.30 bits per heavy atom. The molecule has 3 nitrogen and oxygen atoms in total. The van der Waals surface area contributed by atoms with Crippen LogP contribution in [0.5, 0.6) is 5.75 Å². The molecule has 0 spiro atoms. The van der Waals surface area contributed by atoms with Gasteiger partial charge >= 0.3 is 0 Å². The Morgan fingerprint density at radius 3 is 2.55 bits per heavy atom. The molecule has 2 N–H and O–H groups in total. The van der Waals surface area contributed by atoms with Gasteiger partial charge in [0, 0.05) is 19.1 Å². The first kappa shape index (κ1) is 17.3. The number of piperidine rings is 1. The van der Waals surface area contributed by atoms with Crippen LogP contribution in [-0.4, -0.2) is 37.2 Å². The molecule has 0 saturated carbocycles. The molecule has 0 amide bonds. The third-order valence-electron chi connectivity index (χ3n) is 4.12. The van der Waals surface area contributed by atoms with Gasteiger partial charge < -0.3 is 10.5 Å². The van der Waals surface area contributed by atoms with Crippen LogP contribution in [0.25, 0.3) is 0 Å². The van der Waals surface area contributed by atoms with E-state index in [0.29, 0.717) is 12.0 Å². The van der Waals surface area contributed by atoms with Gasteiger partial charge in [0.2, 0.25) is 0 Å². The van der Waals surface area contributed by atoms with Crippen molar-refractivity contribution in [2.45, 2.75) is 33.2 Å². The molecule has 0 aliphatic carbocycles. The van der Waals surface area contributed by atoms with E-state index in [-0.39, 0.29) is 12.4 Å². The zero-order chi connectivity index (χ0) is 13.8. The normalized spacial score (nSPS) is 23.2. The average Bonchev–Trinajstić information content (AvgIpc) is 2.37. The third-order valence-corrected chi connectivity index (χ3v) is 4.12. The van der Waals surface area contributed by atoms with Crippen LogP contribution >= 0.6 is 12.4 Å². The predicted molar refractivity (Wildman–Crippen MR) is 86.9 cm³/mol. The second kappa shape index (κ2) is 7.87. The monoisotopic (exact) mass is 298 g/mol. The van der Waals surface area contributed by atoms with Crippen LogP contribution in [0, 0.1) is 19.8 Å². The molecule has 0 bridgehead atoms. The lowest BCUT2D eigenvalue weighted by molar-refractivity contribution is 0.139. The van der Waals surface area contributed by atoms with Gasteiger partial charge in [0.15, 0.2) is 0 Å². The Balaban J connectivity index is 0.00000200. The van der Waals surface area contributed by atoms with E-state index >= 15 is 0 Å². The Labute approximate surface area is 128 Å². The molecule has 114 valence electrons. The number of ether oxygens (including phenoxy) is 1. The Bertz CT molecular complexity index is 405. The number of halogens is 1. The van der Waals surface area contributed by atoms with Gasteiger partial charge in [-0.15, -0.1) is 12.4 Å². The van der Waals surface area contributed by atoms with E-state index in [1.54, 1.807) is 0 Å². The van der Waals surface area contributed by atoms with E-state index in [2.05, 4.69) is 43.9 Å². The number of aryl methyl sites for hydroxylation is 2. The molecule has 1 aliphatic heterocycles. The molecule has 0 aromatic heterocycles. The number of rotatable bonds is 4. The van der Waals surface area contributed by atoms with E-state index in [1.165, 1.54) is 11.1 Å². The summed E-state index contributed by atoms with van der Waals surface area (Å²) in [5.74, 6) is 1.64. The van der Waals surface area contributed by atoms with Gasteiger partial charge in [-0.2, -0.15) is 0 Å². The maximum atomic E-state index is 6.04. The number of likely N-dealkylation sites (tertiary alicyclic amines) is 1. The fraction of sp³-hybridized carbons (Fsp3) is 0.625. The number of para-hydroxylation sites is 1. The summed E-state index contributed by atoms with van der Waals surface area (Å²) in [6, 6.07) is 6.65. The van der Waals surface area contributed by atoms with E-state index in [0.717, 1.165) is 38.4 Å². The maximum absolute atomic E-state index is 6.04. The quantitative estimate of drug-likeness (QED) is 0.929. The lowest BCUT2D eigenvalue weighted by Crippen LogP contribution is -2.46. The first-order valence-electron chi connectivity index (χ1n) is 7.25. The summed E-state index contributed by atoms with van der Waals surface area (Å²) in [7, 11) is 0. The molecule has 2 atom stereocenters. The van der Waals surface area contributed by atoms with Crippen molar-refractivity contribution in [3.63, 3.8) is 0 Å². The van der Waals surface area contributed by atoms with Crippen molar-refractivity contribution in [3.8, 4) is 5.75 Å². The molecule has 1 aliphatic rings. The molecule has 0 radical (unpaired) electrons. The molecular formula is C16H27ClN2O. The summed E-state index contributed by atoms with van der Waals surface area (Å²) in [4.78, 5) is 2.46. The van der Waals surface area contributed by atoms with Crippen LogP contribution in [0.15, 0.2) is 18.2 Å². The standard InChI is InChI=1S/C16H26N2O.ClH/c1-12-5-4-6-13(2)16(12)19-10-9-18-8-7-15(17)14(3)11-18;/h4-6,14-15H,7-11,17H2,1-3H3;1H. The van der Waals surface area contributed by atoms with Crippen LogP contribution in [0.1, 0.15) is 24.5 Å². The summed E-state index contributed by atoms with van der Waals surface area (Å²) in [6.45, 7) is 10.4. The smallest absolute Gasteiger partial charge is 0.125 e. The van der Waals surface area contributed by atoms with Crippen LogP contribution in [0.4, 0.5) is 0 Å². The van der Waals surface area contributed by atoms with Gasteiger partial charge in [0.25, 0.3) is 0 Å². The number of hydrogen-bond donors (Lipinski definition) is 1. The third kappa shape index (κ3) is 4.37. The average molecular weight is 299 g/mol. The van der Waals surface area contributed by atoms with E-state index in [4.69, 9.17) is 10.5 Å². The highest BCUT2D eigenvalue weighted by Crippen LogP contribution is 2.22. The SMILES string of the molecule is Cc1cccc(C)c1OCCN1CCC(N)C(C)C1.Cl. The molecule has 1 aromatic rings. The fourth-order valence-electron chi connectivity index (χ4n) is 2.76. The van der Waals surface area contributed by atoms with E-state index in [1.807, 2.05) is 0 Å². The predicted octanol–water partition coefficient (Wildman–Crippen LogP) is 2.77. The van der Waals surface area contributed by atoms with Gasteiger partial charge in [0.05, 0.1) is 0 Å². The van der Waals surface area contributed by atoms with Crippen LogP contribution < -0.4 is 10.5 Å². The first-order valence-corrected chi connectivity index (χ1v) is 7.25. The van der Waals surface area contributed by atoms with Crippen molar-refractivity contribution in [1.29, 1.82) is 0 Å². The van der Waals surface area contributed by atoms with Crippen molar-refractivity contribution in [1.82, 2.24) is 4.90 Å². The zero-order valence-corrected chi connectivity index (χ0v) is 13.6. The van der Waals surface area contributed by atoms with Crippen molar-refractivity contribution >= 4 is 12.4 Å². The van der Waals surface area contributed by atoms with E-state index in [9.17, 15) is 0 Å². The van der Waals surface area contributed by atoms with Gasteiger partial charge in [-0.05, 0) is 43.9 Å². The van der Waals surface area contributed by atoms with Crippen molar-refractivity contribution in [2.75, 3.05) is 26.2 Å². The molecule has 1 heterocycles.